The minimum absolute atomic E-state index is 0.0396. The Morgan fingerprint density at radius 2 is 2.38 bits per heavy atom. The topological polar surface area (TPSA) is 54.0 Å². The number of hydrogen-bond donors (Lipinski definition) is 2. The third kappa shape index (κ3) is 4.89. The summed E-state index contributed by atoms with van der Waals surface area (Å²) in [4.78, 5) is 15.5. The van der Waals surface area contributed by atoms with Crippen LogP contribution in [0.25, 0.3) is 0 Å². The number of likely N-dealkylation sites (N-methyl/N-ethyl adjacent to an activating group) is 1. The lowest BCUT2D eigenvalue weighted by molar-refractivity contribution is -0.120. The maximum atomic E-state index is 11.6. The van der Waals surface area contributed by atoms with Gasteiger partial charge in [0.2, 0.25) is 5.91 Å². The van der Waals surface area contributed by atoms with E-state index in [4.69, 9.17) is 0 Å². The van der Waals surface area contributed by atoms with E-state index in [-0.39, 0.29) is 5.91 Å². The van der Waals surface area contributed by atoms with Crippen LogP contribution in [0.4, 0.5) is 0 Å². The molecular formula is C12H19N3O. The van der Waals surface area contributed by atoms with Gasteiger partial charge in [-0.3, -0.25) is 9.78 Å². The molecule has 88 valence electrons. The zero-order valence-corrected chi connectivity index (χ0v) is 9.86. The van der Waals surface area contributed by atoms with Crippen LogP contribution < -0.4 is 10.6 Å². The maximum absolute atomic E-state index is 11.6. The van der Waals surface area contributed by atoms with Gasteiger partial charge >= 0.3 is 0 Å². The van der Waals surface area contributed by atoms with Gasteiger partial charge in [0.05, 0.1) is 6.42 Å². The van der Waals surface area contributed by atoms with Crippen molar-refractivity contribution >= 4 is 5.91 Å². The van der Waals surface area contributed by atoms with Gasteiger partial charge in [0, 0.05) is 25.0 Å². The van der Waals surface area contributed by atoms with E-state index in [1.165, 1.54) is 0 Å². The molecule has 4 heteroatoms. The third-order valence-corrected chi connectivity index (χ3v) is 2.25. The first-order valence-electron chi connectivity index (χ1n) is 5.61. The minimum atomic E-state index is 0.0396. The van der Waals surface area contributed by atoms with Crippen LogP contribution in [0.1, 0.15) is 19.4 Å². The van der Waals surface area contributed by atoms with E-state index in [1.54, 1.807) is 12.4 Å². The smallest absolute Gasteiger partial charge is 0.224 e. The molecule has 0 aliphatic rings. The molecule has 0 radical (unpaired) electrons. The van der Waals surface area contributed by atoms with Crippen molar-refractivity contribution in [3.8, 4) is 0 Å². The monoisotopic (exact) mass is 221 g/mol. The second kappa shape index (κ2) is 6.95. The van der Waals surface area contributed by atoms with Crippen molar-refractivity contribution in [1.29, 1.82) is 0 Å². The largest absolute Gasteiger partial charge is 0.354 e. The van der Waals surface area contributed by atoms with Crippen LogP contribution in [0.15, 0.2) is 24.5 Å². The average molecular weight is 221 g/mol. The maximum Gasteiger partial charge on any atom is 0.224 e. The molecule has 1 aromatic rings. The number of pyridine rings is 1. The van der Waals surface area contributed by atoms with E-state index >= 15 is 0 Å². The molecule has 1 rings (SSSR count). The molecule has 0 spiro atoms. The molecule has 0 aromatic carbocycles. The fourth-order valence-corrected chi connectivity index (χ4v) is 1.44. The van der Waals surface area contributed by atoms with Gasteiger partial charge in [0.25, 0.3) is 0 Å². The lowest BCUT2D eigenvalue weighted by Crippen LogP contribution is -2.39. The normalized spacial score (nSPS) is 12.1. The molecular weight excluding hydrogens is 202 g/mol. The Bertz CT molecular complexity index is 313. The van der Waals surface area contributed by atoms with Crippen LogP contribution in [0.2, 0.25) is 0 Å². The van der Waals surface area contributed by atoms with Crippen molar-refractivity contribution < 1.29 is 4.79 Å². The molecule has 0 unspecified atom stereocenters. The number of carbonyl (C=O) groups is 1. The van der Waals surface area contributed by atoms with Gasteiger partial charge in [0.1, 0.15) is 0 Å². The van der Waals surface area contributed by atoms with Crippen molar-refractivity contribution in [2.24, 2.45) is 0 Å². The van der Waals surface area contributed by atoms with Gasteiger partial charge in [-0.25, -0.2) is 0 Å². The summed E-state index contributed by atoms with van der Waals surface area (Å²) < 4.78 is 0. The Labute approximate surface area is 96.5 Å². The van der Waals surface area contributed by atoms with Crippen LogP contribution in [0.5, 0.6) is 0 Å². The van der Waals surface area contributed by atoms with Gasteiger partial charge in [0.15, 0.2) is 0 Å². The molecule has 0 bridgehead atoms. The summed E-state index contributed by atoms with van der Waals surface area (Å²) in [5.74, 6) is 0.0396. The van der Waals surface area contributed by atoms with E-state index in [0.717, 1.165) is 12.1 Å². The summed E-state index contributed by atoms with van der Waals surface area (Å²) in [6.45, 7) is 5.67. The van der Waals surface area contributed by atoms with Crippen LogP contribution in [0.3, 0.4) is 0 Å². The number of carbonyl (C=O) groups excluding carboxylic acids is 1. The van der Waals surface area contributed by atoms with Crippen molar-refractivity contribution in [2.45, 2.75) is 26.3 Å². The second-order valence-corrected chi connectivity index (χ2v) is 3.80. The van der Waals surface area contributed by atoms with Crippen molar-refractivity contribution in [3.63, 3.8) is 0 Å². The molecule has 1 atom stereocenters. The Morgan fingerprint density at radius 1 is 1.56 bits per heavy atom. The van der Waals surface area contributed by atoms with Crippen molar-refractivity contribution in [3.05, 3.63) is 30.1 Å². The zero-order valence-electron chi connectivity index (χ0n) is 9.86. The fraction of sp³-hybridized carbons (Fsp3) is 0.500. The number of aromatic nitrogens is 1. The van der Waals surface area contributed by atoms with Gasteiger partial charge in [-0.1, -0.05) is 13.0 Å². The molecule has 0 fully saturated rings. The Balaban J connectivity index is 2.26. The van der Waals surface area contributed by atoms with Gasteiger partial charge in [-0.15, -0.1) is 0 Å². The van der Waals surface area contributed by atoms with E-state index in [0.29, 0.717) is 19.0 Å². The molecule has 16 heavy (non-hydrogen) atoms. The summed E-state index contributed by atoms with van der Waals surface area (Å²) in [5.41, 5.74) is 0.941. The average Bonchev–Trinajstić information content (AvgIpc) is 2.28. The lowest BCUT2D eigenvalue weighted by atomic mass is 10.2. The highest BCUT2D eigenvalue weighted by atomic mass is 16.1. The van der Waals surface area contributed by atoms with Crippen molar-refractivity contribution in [2.75, 3.05) is 13.1 Å². The van der Waals surface area contributed by atoms with Crippen LogP contribution in [-0.2, 0) is 11.2 Å². The highest BCUT2D eigenvalue weighted by Crippen LogP contribution is 1.96. The second-order valence-electron chi connectivity index (χ2n) is 3.80. The summed E-state index contributed by atoms with van der Waals surface area (Å²) in [7, 11) is 0. The summed E-state index contributed by atoms with van der Waals surface area (Å²) >= 11 is 0. The van der Waals surface area contributed by atoms with Crippen LogP contribution in [0, 0.1) is 0 Å². The van der Waals surface area contributed by atoms with Gasteiger partial charge < -0.3 is 10.6 Å². The molecule has 0 aliphatic carbocycles. The number of amides is 1. The standard InChI is InChI=1S/C12H19N3O/c1-3-14-10(2)8-15-12(16)7-11-5-4-6-13-9-11/h4-6,9-10,14H,3,7-8H2,1-2H3,(H,15,16)/t10-/m1/s1. The first-order chi connectivity index (χ1) is 7.72. The molecule has 1 aromatic heterocycles. The zero-order chi connectivity index (χ0) is 11.8. The van der Waals surface area contributed by atoms with Gasteiger partial charge in [-0.2, -0.15) is 0 Å². The van der Waals surface area contributed by atoms with Crippen LogP contribution >= 0.6 is 0 Å². The Kier molecular flexibility index (Phi) is 5.50. The van der Waals surface area contributed by atoms with Crippen LogP contribution in [-0.4, -0.2) is 30.0 Å². The van der Waals surface area contributed by atoms with E-state index in [9.17, 15) is 4.79 Å². The molecule has 0 saturated carbocycles. The molecule has 0 saturated heterocycles. The highest BCUT2D eigenvalue weighted by Gasteiger charge is 2.05. The molecule has 1 amide bonds. The molecule has 4 nitrogen and oxygen atoms in total. The van der Waals surface area contributed by atoms with Gasteiger partial charge in [-0.05, 0) is 25.1 Å². The van der Waals surface area contributed by atoms with Crippen molar-refractivity contribution in [1.82, 2.24) is 15.6 Å². The summed E-state index contributed by atoms with van der Waals surface area (Å²) in [6.07, 6.45) is 3.81. The van der Waals surface area contributed by atoms with E-state index in [1.807, 2.05) is 26.0 Å². The highest BCUT2D eigenvalue weighted by molar-refractivity contribution is 5.78. The molecule has 1 heterocycles. The quantitative estimate of drug-likeness (QED) is 0.745. The number of nitrogens with zero attached hydrogens (tertiary/aromatic N) is 1. The number of nitrogens with one attached hydrogen (secondary N) is 2. The minimum Gasteiger partial charge on any atom is -0.354 e. The van der Waals surface area contributed by atoms with E-state index < -0.39 is 0 Å². The third-order valence-electron chi connectivity index (χ3n) is 2.25. The number of hydrogen-bond acceptors (Lipinski definition) is 3. The SMILES string of the molecule is CCN[C@H](C)CNC(=O)Cc1cccnc1. The number of rotatable bonds is 6. The predicted molar refractivity (Wildman–Crippen MR) is 64.1 cm³/mol. The Morgan fingerprint density at radius 3 is 3.00 bits per heavy atom. The molecule has 2 N–H and O–H groups in total. The Hall–Kier alpha value is -1.42. The lowest BCUT2D eigenvalue weighted by Gasteiger charge is -2.13. The fourth-order valence-electron chi connectivity index (χ4n) is 1.44. The van der Waals surface area contributed by atoms with E-state index in [2.05, 4.69) is 15.6 Å². The summed E-state index contributed by atoms with van der Waals surface area (Å²) in [6, 6.07) is 4.05. The first-order valence-corrected chi connectivity index (χ1v) is 5.61. The first kappa shape index (κ1) is 12.6. The summed E-state index contributed by atoms with van der Waals surface area (Å²) in [5, 5.41) is 6.12. The molecule has 0 aliphatic heterocycles. The predicted octanol–water partition coefficient (Wildman–Crippen LogP) is 0.738.